The van der Waals surface area contributed by atoms with Crippen molar-refractivity contribution >= 4 is 34.6 Å². The minimum Gasteiger partial charge on any atom is -0.495 e. The molecule has 2 aliphatic rings. The van der Waals surface area contributed by atoms with Crippen LogP contribution in [-0.2, 0) is 4.79 Å². The molecule has 1 fully saturated rings. The summed E-state index contributed by atoms with van der Waals surface area (Å²) in [4.78, 5) is 20.2. The van der Waals surface area contributed by atoms with Crippen LogP contribution in [0.3, 0.4) is 0 Å². The fraction of sp³-hybridized carbons (Fsp3) is 0.273. The van der Waals surface area contributed by atoms with Gasteiger partial charge < -0.3 is 14.2 Å². The number of methoxy groups -OCH3 is 1. The van der Waals surface area contributed by atoms with Crippen molar-refractivity contribution in [1.82, 2.24) is 0 Å². The van der Waals surface area contributed by atoms with Crippen LogP contribution in [0.2, 0.25) is 0 Å². The molecule has 0 N–H and O–H groups in total. The number of aliphatic imine (C=N–C) groups is 1. The summed E-state index contributed by atoms with van der Waals surface area (Å²) in [5.74, 6) is 1.91. The van der Waals surface area contributed by atoms with E-state index < -0.39 is 0 Å². The van der Waals surface area contributed by atoms with Crippen LogP contribution in [0.25, 0.3) is 6.08 Å². The molecule has 150 valence electrons. The zero-order chi connectivity index (χ0) is 20.4. The molecule has 2 aliphatic heterocycles. The summed E-state index contributed by atoms with van der Waals surface area (Å²) < 4.78 is 16.7. The maximum atomic E-state index is 13.3. The number of anilines is 1. The first kappa shape index (κ1) is 19.4. The molecule has 0 radical (unpaired) electrons. The minimum atomic E-state index is -0.131. The van der Waals surface area contributed by atoms with Gasteiger partial charge in [-0.05, 0) is 61.5 Å². The molecule has 0 atom stereocenters. The van der Waals surface area contributed by atoms with Gasteiger partial charge in [0.15, 0.2) is 16.7 Å². The van der Waals surface area contributed by atoms with Crippen molar-refractivity contribution in [2.75, 3.05) is 25.2 Å². The summed E-state index contributed by atoms with van der Waals surface area (Å²) in [7, 11) is 1.59. The highest BCUT2D eigenvalue weighted by Crippen LogP contribution is 2.40. The van der Waals surface area contributed by atoms with Crippen molar-refractivity contribution in [3.8, 4) is 17.2 Å². The molecule has 4 rings (SSSR count). The lowest BCUT2D eigenvalue weighted by atomic mass is 10.1. The molecule has 0 saturated carbocycles. The summed E-state index contributed by atoms with van der Waals surface area (Å²) >= 11 is 1.36. The number of carbonyl (C=O) groups excluding carboxylic acids is 1. The largest absolute Gasteiger partial charge is 0.495 e. The van der Waals surface area contributed by atoms with Gasteiger partial charge in [-0.3, -0.25) is 14.7 Å². The Hall–Kier alpha value is -2.93. The average molecular weight is 410 g/mol. The standard InChI is InChI=1S/C22H22N2O4S/c1-14(2)23-22-24(16-6-4-5-7-17(16)26-3)21(25)20(29-22)13-15-8-9-18-19(12-15)28-11-10-27-18/h4-9,12-14H,10-11H2,1-3H3. The maximum absolute atomic E-state index is 13.3. The number of benzene rings is 2. The summed E-state index contributed by atoms with van der Waals surface area (Å²) in [5, 5.41) is 0.637. The lowest BCUT2D eigenvalue weighted by Gasteiger charge is -2.19. The van der Waals surface area contributed by atoms with Gasteiger partial charge in [-0.1, -0.05) is 18.2 Å². The van der Waals surface area contributed by atoms with E-state index in [4.69, 9.17) is 14.2 Å². The van der Waals surface area contributed by atoms with Crippen LogP contribution in [0.1, 0.15) is 19.4 Å². The monoisotopic (exact) mass is 410 g/mol. The van der Waals surface area contributed by atoms with E-state index in [1.165, 1.54) is 11.8 Å². The van der Waals surface area contributed by atoms with Crippen LogP contribution in [0.4, 0.5) is 5.69 Å². The molecule has 2 aromatic rings. The predicted molar refractivity (Wildman–Crippen MR) is 116 cm³/mol. The van der Waals surface area contributed by atoms with Crippen molar-refractivity contribution in [2.24, 2.45) is 4.99 Å². The Morgan fingerprint density at radius 3 is 2.66 bits per heavy atom. The van der Waals surface area contributed by atoms with Gasteiger partial charge in [0.1, 0.15) is 19.0 Å². The van der Waals surface area contributed by atoms with E-state index in [2.05, 4.69) is 4.99 Å². The van der Waals surface area contributed by atoms with E-state index >= 15 is 0 Å². The highest BCUT2D eigenvalue weighted by Gasteiger charge is 2.36. The van der Waals surface area contributed by atoms with Crippen LogP contribution in [0.5, 0.6) is 17.2 Å². The first-order valence-electron chi connectivity index (χ1n) is 9.41. The summed E-state index contributed by atoms with van der Waals surface area (Å²) in [6, 6.07) is 13.2. The Morgan fingerprint density at radius 1 is 1.14 bits per heavy atom. The number of amidine groups is 1. The Labute approximate surface area is 174 Å². The van der Waals surface area contributed by atoms with Crippen molar-refractivity contribution in [1.29, 1.82) is 0 Å². The number of carbonyl (C=O) groups is 1. The van der Waals surface area contributed by atoms with Crippen molar-refractivity contribution in [3.63, 3.8) is 0 Å². The average Bonchev–Trinajstić information content (AvgIpc) is 3.01. The van der Waals surface area contributed by atoms with Gasteiger partial charge in [-0.15, -0.1) is 0 Å². The normalized spacial score (nSPS) is 18.8. The molecule has 29 heavy (non-hydrogen) atoms. The van der Waals surface area contributed by atoms with E-state index in [-0.39, 0.29) is 11.9 Å². The van der Waals surface area contributed by atoms with Gasteiger partial charge in [0, 0.05) is 6.04 Å². The topological polar surface area (TPSA) is 60.4 Å². The number of rotatable bonds is 4. The van der Waals surface area contributed by atoms with Crippen LogP contribution in [0.15, 0.2) is 52.4 Å². The number of nitrogens with zero attached hydrogens (tertiary/aromatic N) is 2. The second-order valence-corrected chi connectivity index (χ2v) is 7.84. The molecule has 0 unspecified atom stereocenters. The van der Waals surface area contributed by atoms with Crippen LogP contribution in [0, 0.1) is 0 Å². The molecule has 2 heterocycles. The van der Waals surface area contributed by atoms with Crippen LogP contribution in [-0.4, -0.2) is 37.4 Å². The molecular formula is C22H22N2O4S. The third kappa shape index (κ3) is 3.96. The van der Waals surface area contributed by atoms with Crippen molar-refractivity contribution in [2.45, 2.75) is 19.9 Å². The SMILES string of the molecule is COc1ccccc1N1C(=O)C(=Cc2ccc3c(c2)OCCO3)SC1=NC(C)C. The fourth-order valence-electron chi connectivity index (χ4n) is 3.11. The van der Waals surface area contributed by atoms with Crippen molar-refractivity contribution in [3.05, 3.63) is 52.9 Å². The first-order valence-corrected chi connectivity index (χ1v) is 10.2. The molecule has 7 heteroatoms. The number of para-hydroxylation sites is 2. The second-order valence-electron chi connectivity index (χ2n) is 6.83. The molecule has 2 aromatic carbocycles. The molecule has 1 amide bonds. The number of ether oxygens (including phenoxy) is 3. The first-order chi connectivity index (χ1) is 14.1. The summed E-state index contributed by atoms with van der Waals surface area (Å²) in [6.07, 6.45) is 1.86. The van der Waals surface area contributed by atoms with E-state index in [0.717, 1.165) is 11.3 Å². The Balaban J connectivity index is 1.73. The van der Waals surface area contributed by atoms with E-state index in [0.29, 0.717) is 40.5 Å². The van der Waals surface area contributed by atoms with Crippen molar-refractivity contribution < 1.29 is 19.0 Å². The molecule has 0 spiro atoms. The minimum absolute atomic E-state index is 0.0520. The molecule has 0 bridgehead atoms. The highest BCUT2D eigenvalue weighted by atomic mass is 32.2. The fourth-order valence-corrected chi connectivity index (χ4v) is 4.22. The third-order valence-corrected chi connectivity index (χ3v) is 5.35. The molecule has 6 nitrogen and oxygen atoms in total. The van der Waals surface area contributed by atoms with E-state index in [9.17, 15) is 4.79 Å². The Bertz CT molecular complexity index is 1000. The van der Waals surface area contributed by atoms with Crippen LogP contribution < -0.4 is 19.1 Å². The Morgan fingerprint density at radius 2 is 1.90 bits per heavy atom. The second kappa shape index (κ2) is 8.21. The van der Waals surface area contributed by atoms with Crippen LogP contribution >= 0.6 is 11.8 Å². The molecular weight excluding hydrogens is 388 g/mol. The number of amides is 1. The van der Waals surface area contributed by atoms with Gasteiger partial charge in [0.05, 0.1) is 17.7 Å². The van der Waals surface area contributed by atoms with Gasteiger partial charge >= 0.3 is 0 Å². The maximum Gasteiger partial charge on any atom is 0.271 e. The smallest absolute Gasteiger partial charge is 0.271 e. The predicted octanol–water partition coefficient (Wildman–Crippen LogP) is 4.35. The zero-order valence-electron chi connectivity index (χ0n) is 16.5. The number of thioether (sulfide) groups is 1. The number of fused-ring (bicyclic) bond motifs is 1. The molecule has 0 aliphatic carbocycles. The zero-order valence-corrected chi connectivity index (χ0v) is 17.4. The quantitative estimate of drug-likeness (QED) is 0.702. The third-order valence-electron chi connectivity index (χ3n) is 4.37. The van der Waals surface area contributed by atoms with E-state index in [1.807, 2.05) is 62.4 Å². The Kier molecular flexibility index (Phi) is 5.49. The summed E-state index contributed by atoms with van der Waals surface area (Å²) in [6.45, 7) is 5.04. The molecule has 0 aromatic heterocycles. The van der Waals surface area contributed by atoms with Gasteiger partial charge in [-0.2, -0.15) is 0 Å². The highest BCUT2D eigenvalue weighted by molar-refractivity contribution is 8.19. The lowest BCUT2D eigenvalue weighted by Crippen LogP contribution is -2.29. The molecule has 1 saturated heterocycles. The van der Waals surface area contributed by atoms with Gasteiger partial charge in [-0.25, -0.2) is 0 Å². The summed E-state index contributed by atoms with van der Waals surface area (Å²) in [5.41, 5.74) is 1.55. The van der Waals surface area contributed by atoms with Gasteiger partial charge in [0.2, 0.25) is 0 Å². The number of hydrogen-bond donors (Lipinski definition) is 0. The van der Waals surface area contributed by atoms with Gasteiger partial charge in [0.25, 0.3) is 5.91 Å². The van der Waals surface area contributed by atoms with E-state index in [1.54, 1.807) is 12.0 Å². The number of hydrogen-bond acceptors (Lipinski definition) is 6. The lowest BCUT2D eigenvalue weighted by molar-refractivity contribution is -0.113.